The van der Waals surface area contributed by atoms with Gasteiger partial charge in [0.25, 0.3) is 0 Å². The fourth-order valence-electron chi connectivity index (χ4n) is 2.55. The van der Waals surface area contributed by atoms with Crippen LogP contribution in [0, 0.1) is 0 Å². The molecule has 0 amide bonds. The lowest BCUT2D eigenvalue weighted by Gasteiger charge is -2.34. The lowest BCUT2D eigenvalue weighted by molar-refractivity contribution is 0.0159. The highest BCUT2D eigenvalue weighted by Gasteiger charge is 2.21. The van der Waals surface area contributed by atoms with E-state index < -0.39 is 0 Å². The second-order valence-corrected chi connectivity index (χ2v) is 6.13. The molecule has 0 spiro atoms. The summed E-state index contributed by atoms with van der Waals surface area (Å²) in [7, 11) is 0. The third-order valence-corrected chi connectivity index (χ3v) is 4.36. The highest BCUT2D eigenvalue weighted by molar-refractivity contribution is 9.10. The summed E-state index contributed by atoms with van der Waals surface area (Å²) >= 11 is 3.65. The number of hydrogen-bond donors (Lipinski definition) is 2. The first-order valence-electron chi connectivity index (χ1n) is 7.14. The second-order valence-electron chi connectivity index (χ2n) is 5.28. The molecule has 1 aliphatic heterocycles. The molecule has 3 N–H and O–H groups in total. The van der Waals surface area contributed by atoms with Crippen LogP contribution in [0.4, 0.5) is 5.69 Å². The van der Waals surface area contributed by atoms with Crippen molar-refractivity contribution in [3.05, 3.63) is 28.2 Å². The van der Waals surface area contributed by atoms with Gasteiger partial charge >= 0.3 is 0 Å². The lowest BCUT2D eigenvalue weighted by atomic mass is 10.1. The van der Waals surface area contributed by atoms with Crippen molar-refractivity contribution >= 4 is 21.6 Å². The maximum Gasteiger partial charge on any atom is 0.0701 e. The Labute approximate surface area is 129 Å². The van der Waals surface area contributed by atoms with Crippen molar-refractivity contribution in [1.29, 1.82) is 0 Å². The molecule has 1 aromatic rings. The molecule has 1 fully saturated rings. The van der Waals surface area contributed by atoms with Crippen LogP contribution in [0.2, 0.25) is 0 Å². The normalized spacial score (nSPS) is 18.3. The van der Waals surface area contributed by atoms with E-state index in [4.69, 9.17) is 15.6 Å². The summed E-state index contributed by atoms with van der Waals surface area (Å²) in [5, 5.41) is 8.78. The van der Waals surface area contributed by atoms with E-state index in [1.165, 1.54) is 5.69 Å². The number of anilines is 1. The van der Waals surface area contributed by atoms with Crippen molar-refractivity contribution in [2.24, 2.45) is 5.73 Å². The van der Waals surface area contributed by atoms with E-state index in [-0.39, 0.29) is 18.8 Å². The summed E-state index contributed by atoms with van der Waals surface area (Å²) in [5.74, 6) is 0. The first-order valence-corrected chi connectivity index (χ1v) is 7.93. The number of piperidine rings is 1. The number of halogens is 1. The Morgan fingerprint density at radius 3 is 2.70 bits per heavy atom. The first-order chi connectivity index (χ1) is 9.61. The zero-order valence-electron chi connectivity index (χ0n) is 11.9. The van der Waals surface area contributed by atoms with Crippen molar-refractivity contribution in [3.8, 4) is 0 Å². The van der Waals surface area contributed by atoms with Gasteiger partial charge in [0.1, 0.15) is 0 Å². The van der Waals surface area contributed by atoms with Crippen LogP contribution in [0.3, 0.4) is 0 Å². The molecule has 0 aliphatic carbocycles. The maximum atomic E-state index is 8.78. The van der Waals surface area contributed by atoms with Gasteiger partial charge in [-0.15, -0.1) is 0 Å². The number of nitrogens with two attached hydrogens (primary N) is 1. The van der Waals surface area contributed by atoms with Gasteiger partial charge in [-0.25, -0.2) is 0 Å². The van der Waals surface area contributed by atoms with Crippen LogP contribution in [0.15, 0.2) is 22.7 Å². The minimum absolute atomic E-state index is 0.0537. The standard InChI is InChI=1S/C15H23BrN2O2/c1-11(17)12-2-3-15(14(16)10-12)18-6-4-13(5-7-18)20-9-8-19/h2-3,10-11,13,19H,4-9,17H2,1H3. The summed E-state index contributed by atoms with van der Waals surface area (Å²) in [6.45, 7) is 4.49. The Hall–Kier alpha value is -0.620. The largest absolute Gasteiger partial charge is 0.394 e. The van der Waals surface area contributed by atoms with Crippen LogP contribution in [0.1, 0.15) is 31.4 Å². The predicted octanol–water partition coefficient (Wildman–Crippen LogP) is 2.45. The predicted molar refractivity (Wildman–Crippen MR) is 85.0 cm³/mol. The molecule has 4 nitrogen and oxygen atoms in total. The number of ether oxygens (including phenoxy) is 1. The third-order valence-electron chi connectivity index (χ3n) is 3.73. The minimum atomic E-state index is 0.0537. The average Bonchev–Trinajstić information content (AvgIpc) is 2.45. The molecular weight excluding hydrogens is 320 g/mol. The zero-order valence-corrected chi connectivity index (χ0v) is 13.5. The molecule has 1 aliphatic rings. The van der Waals surface area contributed by atoms with Gasteiger partial charge in [0.15, 0.2) is 0 Å². The number of benzene rings is 1. The Morgan fingerprint density at radius 2 is 2.15 bits per heavy atom. The fourth-order valence-corrected chi connectivity index (χ4v) is 3.19. The first kappa shape index (κ1) is 15.8. The number of aliphatic hydroxyl groups excluding tert-OH is 1. The smallest absolute Gasteiger partial charge is 0.0701 e. The number of nitrogens with zero attached hydrogens (tertiary/aromatic N) is 1. The molecule has 20 heavy (non-hydrogen) atoms. The zero-order chi connectivity index (χ0) is 14.5. The Morgan fingerprint density at radius 1 is 1.45 bits per heavy atom. The highest BCUT2D eigenvalue weighted by Crippen LogP contribution is 2.31. The minimum Gasteiger partial charge on any atom is -0.394 e. The van der Waals surface area contributed by atoms with E-state index in [1.807, 2.05) is 6.92 Å². The Balaban J connectivity index is 1.96. The molecule has 0 saturated carbocycles. The van der Waals surface area contributed by atoms with E-state index in [1.54, 1.807) is 0 Å². The number of hydrogen-bond acceptors (Lipinski definition) is 4. The van der Waals surface area contributed by atoms with Gasteiger partial charge in [-0.2, -0.15) is 0 Å². The molecule has 1 atom stereocenters. The summed E-state index contributed by atoms with van der Waals surface area (Å²) in [4.78, 5) is 2.37. The Kier molecular flexibility index (Phi) is 5.84. The van der Waals surface area contributed by atoms with E-state index in [9.17, 15) is 0 Å². The van der Waals surface area contributed by atoms with Crippen LogP contribution in [0.25, 0.3) is 0 Å². The van der Waals surface area contributed by atoms with Gasteiger partial charge in [0.2, 0.25) is 0 Å². The van der Waals surface area contributed by atoms with Gasteiger partial charge in [-0.1, -0.05) is 6.07 Å². The summed E-state index contributed by atoms with van der Waals surface area (Å²) in [5.41, 5.74) is 8.26. The van der Waals surface area contributed by atoms with Crippen molar-refractivity contribution in [2.75, 3.05) is 31.2 Å². The molecule has 0 radical (unpaired) electrons. The Bertz CT molecular complexity index is 432. The molecule has 0 bridgehead atoms. The molecule has 0 aromatic heterocycles. The molecule has 1 aromatic carbocycles. The molecule has 2 rings (SSSR count). The topological polar surface area (TPSA) is 58.7 Å². The molecule has 112 valence electrons. The fraction of sp³-hybridized carbons (Fsp3) is 0.600. The van der Waals surface area contributed by atoms with Crippen LogP contribution < -0.4 is 10.6 Å². The van der Waals surface area contributed by atoms with Crippen molar-refractivity contribution in [2.45, 2.75) is 31.9 Å². The molecule has 1 saturated heterocycles. The molecule has 5 heteroatoms. The van der Waals surface area contributed by atoms with Gasteiger partial charge < -0.3 is 20.5 Å². The van der Waals surface area contributed by atoms with Gasteiger partial charge in [-0.05, 0) is 53.4 Å². The average molecular weight is 343 g/mol. The lowest BCUT2D eigenvalue weighted by Crippen LogP contribution is -2.37. The third kappa shape index (κ3) is 3.95. The molecular formula is C15H23BrN2O2. The number of rotatable bonds is 5. The molecule has 1 heterocycles. The molecule has 1 unspecified atom stereocenters. The van der Waals surface area contributed by atoms with E-state index in [0.29, 0.717) is 6.61 Å². The van der Waals surface area contributed by atoms with Crippen molar-refractivity contribution in [1.82, 2.24) is 0 Å². The monoisotopic (exact) mass is 342 g/mol. The van der Waals surface area contributed by atoms with Gasteiger partial charge in [0.05, 0.1) is 25.0 Å². The van der Waals surface area contributed by atoms with Crippen LogP contribution in [-0.4, -0.2) is 37.5 Å². The SMILES string of the molecule is CC(N)c1ccc(N2CCC(OCCO)CC2)c(Br)c1. The summed E-state index contributed by atoms with van der Waals surface area (Å²) < 4.78 is 6.69. The highest BCUT2D eigenvalue weighted by atomic mass is 79.9. The van der Waals surface area contributed by atoms with E-state index in [0.717, 1.165) is 36.0 Å². The van der Waals surface area contributed by atoms with E-state index >= 15 is 0 Å². The van der Waals surface area contributed by atoms with Crippen LogP contribution >= 0.6 is 15.9 Å². The van der Waals surface area contributed by atoms with Crippen LogP contribution in [-0.2, 0) is 4.74 Å². The van der Waals surface area contributed by atoms with Gasteiger partial charge in [0, 0.05) is 23.6 Å². The quantitative estimate of drug-likeness (QED) is 0.862. The van der Waals surface area contributed by atoms with E-state index in [2.05, 4.69) is 39.0 Å². The summed E-state index contributed by atoms with van der Waals surface area (Å²) in [6.07, 6.45) is 2.28. The maximum absolute atomic E-state index is 8.78. The second kappa shape index (κ2) is 7.41. The van der Waals surface area contributed by atoms with Gasteiger partial charge in [-0.3, -0.25) is 0 Å². The number of aliphatic hydroxyl groups is 1. The van der Waals surface area contributed by atoms with Crippen molar-refractivity contribution < 1.29 is 9.84 Å². The van der Waals surface area contributed by atoms with Crippen LogP contribution in [0.5, 0.6) is 0 Å². The summed E-state index contributed by atoms with van der Waals surface area (Å²) in [6, 6.07) is 6.39. The van der Waals surface area contributed by atoms with Crippen molar-refractivity contribution in [3.63, 3.8) is 0 Å².